The molecule has 0 saturated carbocycles. The molecule has 4 heteroatoms. The fourth-order valence-corrected chi connectivity index (χ4v) is 2.65. The summed E-state index contributed by atoms with van der Waals surface area (Å²) in [5.74, 6) is 0.334. The molecule has 1 unspecified atom stereocenters. The van der Waals surface area contributed by atoms with Crippen molar-refractivity contribution in [2.45, 2.75) is 13.3 Å². The van der Waals surface area contributed by atoms with Gasteiger partial charge in [0, 0.05) is 23.4 Å². The highest BCUT2D eigenvalue weighted by molar-refractivity contribution is 9.10. The zero-order valence-corrected chi connectivity index (χ0v) is 11.3. The molecular formula is C13H15BrN2O. The summed E-state index contributed by atoms with van der Waals surface area (Å²) >= 11 is 3.43. The van der Waals surface area contributed by atoms with Crippen LogP contribution in [0.2, 0.25) is 0 Å². The standard InChI is InChI=1S/C13H15BrN2O/c1-3-9-5-12(17)16(7-9)11-6-10(14)4-8(2)13(11)15/h3-4,6,9H,1,5,7,15H2,2H3. The van der Waals surface area contributed by atoms with E-state index in [9.17, 15) is 4.79 Å². The summed E-state index contributed by atoms with van der Waals surface area (Å²) in [7, 11) is 0. The summed E-state index contributed by atoms with van der Waals surface area (Å²) in [4.78, 5) is 13.7. The number of carbonyl (C=O) groups is 1. The van der Waals surface area contributed by atoms with Crippen LogP contribution in [-0.4, -0.2) is 12.5 Å². The Kier molecular flexibility index (Phi) is 3.24. The van der Waals surface area contributed by atoms with Gasteiger partial charge in [0.05, 0.1) is 11.4 Å². The van der Waals surface area contributed by atoms with Crippen LogP contribution in [0.25, 0.3) is 0 Å². The van der Waals surface area contributed by atoms with Crippen molar-refractivity contribution in [3.63, 3.8) is 0 Å². The summed E-state index contributed by atoms with van der Waals surface area (Å²) in [6, 6.07) is 3.84. The number of hydrogen-bond donors (Lipinski definition) is 1. The van der Waals surface area contributed by atoms with E-state index in [1.807, 2.05) is 25.1 Å². The van der Waals surface area contributed by atoms with Crippen LogP contribution in [0.1, 0.15) is 12.0 Å². The number of nitrogens with zero attached hydrogens (tertiary/aromatic N) is 1. The number of nitrogens with two attached hydrogens (primary N) is 1. The first-order valence-corrected chi connectivity index (χ1v) is 6.30. The molecule has 0 aromatic heterocycles. The summed E-state index contributed by atoms with van der Waals surface area (Å²) in [5, 5.41) is 0. The van der Waals surface area contributed by atoms with Gasteiger partial charge in [-0.3, -0.25) is 4.79 Å². The normalized spacial score (nSPS) is 19.8. The molecule has 0 spiro atoms. The van der Waals surface area contributed by atoms with Crippen LogP contribution in [0, 0.1) is 12.8 Å². The Labute approximate surface area is 109 Å². The molecule has 2 rings (SSSR count). The Morgan fingerprint density at radius 3 is 2.88 bits per heavy atom. The van der Waals surface area contributed by atoms with E-state index in [1.165, 1.54) is 0 Å². The third kappa shape index (κ3) is 2.22. The molecule has 1 aliphatic heterocycles. The van der Waals surface area contributed by atoms with Crippen molar-refractivity contribution in [2.75, 3.05) is 17.2 Å². The van der Waals surface area contributed by atoms with Gasteiger partial charge in [0.1, 0.15) is 0 Å². The Morgan fingerprint density at radius 2 is 2.29 bits per heavy atom. The Morgan fingerprint density at radius 1 is 1.59 bits per heavy atom. The molecule has 1 heterocycles. The smallest absolute Gasteiger partial charge is 0.227 e. The van der Waals surface area contributed by atoms with Gasteiger partial charge < -0.3 is 10.6 Å². The molecule has 1 aliphatic rings. The molecule has 90 valence electrons. The summed E-state index contributed by atoms with van der Waals surface area (Å²) in [6.07, 6.45) is 2.35. The third-order valence-corrected chi connectivity index (χ3v) is 3.57. The Bertz CT molecular complexity index is 485. The number of rotatable bonds is 2. The van der Waals surface area contributed by atoms with Gasteiger partial charge in [0.25, 0.3) is 0 Å². The van der Waals surface area contributed by atoms with Crippen molar-refractivity contribution in [1.29, 1.82) is 0 Å². The van der Waals surface area contributed by atoms with E-state index in [4.69, 9.17) is 5.73 Å². The lowest BCUT2D eigenvalue weighted by molar-refractivity contribution is -0.117. The summed E-state index contributed by atoms with van der Waals surface area (Å²) in [6.45, 7) is 6.35. The van der Waals surface area contributed by atoms with Crippen molar-refractivity contribution >= 4 is 33.2 Å². The van der Waals surface area contributed by atoms with E-state index >= 15 is 0 Å². The first-order valence-electron chi connectivity index (χ1n) is 5.51. The number of amides is 1. The van der Waals surface area contributed by atoms with Crippen LogP contribution >= 0.6 is 15.9 Å². The molecule has 1 atom stereocenters. The molecule has 1 saturated heterocycles. The van der Waals surface area contributed by atoms with Gasteiger partial charge in [-0.1, -0.05) is 22.0 Å². The lowest BCUT2D eigenvalue weighted by Crippen LogP contribution is -2.25. The molecule has 1 aromatic rings. The van der Waals surface area contributed by atoms with Crippen molar-refractivity contribution in [1.82, 2.24) is 0 Å². The Hall–Kier alpha value is -1.29. The second-order valence-corrected chi connectivity index (χ2v) is 5.28. The summed E-state index contributed by atoms with van der Waals surface area (Å²) in [5.41, 5.74) is 8.49. The average Bonchev–Trinajstić information content (AvgIpc) is 2.65. The number of benzene rings is 1. The van der Waals surface area contributed by atoms with Crippen molar-refractivity contribution in [3.8, 4) is 0 Å². The maximum Gasteiger partial charge on any atom is 0.227 e. The highest BCUT2D eigenvalue weighted by Gasteiger charge is 2.30. The zero-order valence-electron chi connectivity index (χ0n) is 9.74. The minimum Gasteiger partial charge on any atom is -0.397 e. The first kappa shape index (κ1) is 12.2. The van der Waals surface area contributed by atoms with Gasteiger partial charge in [0.15, 0.2) is 0 Å². The molecule has 1 fully saturated rings. The SMILES string of the molecule is C=CC1CC(=O)N(c2cc(Br)cc(C)c2N)C1. The van der Waals surface area contributed by atoms with Gasteiger partial charge >= 0.3 is 0 Å². The van der Waals surface area contributed by atoms with Gasteiger partial charge in [-0.25, -0.2) is 0 Å². The van der Waals surface area contributed by atoms with Gasteiger partial charge in [-0.15, -0.1) is 6.58 Å². The molecule has 0 radical (unpaired) electrons. The first-order chi connectivity index (χ1) is 8.02. The second kappa shape index (κ2) is 4.53. The van der Waals surface area contributed by atoms with Crippen molar-refractivity contribution < 1.29 is 4.79 Å². The number of anilines is 2. The average molecular weight is 295 g/mol. The van der Waals surface area contributed by atoms with E-state index in [2.05, 4.69) is 22.5 Å². The molecule has 0 bridgehead atoms. The number of carbonyl (C=O) groups excluding carboxylic acids is 1. The topological polar surface area (TPSA) is 46.3 Å². The monoisotopic (exact) mass is 294 g/mol. The van der Waals surface area contributed by atoms with Crippen LogP contribution in [0.3, 0.4) is 0 Å². The fraction of sp³-hybridized carbons (Fsp3) is 0.308. The quantitative estimate of drug-likeness (QED) is 0.673. The summed E-state index contributed by atoms with van der Waals surface area (Å²) < 4.78 is 0.939. The molecule has 0 aliphatic carbocycles. The van der Waals surface area contributed by atoms with Crippen molar-refractivity contribution in [2.24, 2.45) is 5.92 Å². The third-order valence-electron chi connectivity index (χ3n) is 3.11. The van der Waals surface area contributed by atoms with Crippen LogP contribution in [0.15, 0.2) is 29.3 Å². The van der Waals surface area contributed by atoms with Gasteiger partial charge in [-0.2, -0.15) is 0 Å². The highest BCUT2D eigenvalue weighted by atomic mass is 79.9. The van der Waals surface area contributed by atoms with Crippen molar-refractivity contribution in [3.05, 3.63) is 34.8 Å². The van der Waals surface area contributed by atoms with E-state index < -0.39 is 0 Å². The molecule has 3 nitrogen and oxygen atoms in total. The van der Waals surface area contributed by atoms with Crippen LogP contribution in [-0.2, 0) is 4.79 Å². The lowest BCUT2D eigenvalue weighted by Gasteiger charge is -2.20. The highest BCUT2D eigenvalue weighted by Crippen LogP contribution is 2.34. The van der Waals surface area contributed by atoms with E-state index in [0.29, 0.717) is 18.7 Å². The molecule has 1 amide bonds. The predicted octanol–water partition coefficient (Wildman–Crippen LogP) is 2.88. The van der Waals surface area contributed by atoms with Gasteiger partial charge in [0.2, 0.25) is 5.91 Å². The predicted molar refractivity (Wildman–Crippen MR) is 73.9 cm³/mol. The van der Waals surface area contributed by atoms with E-state index in [1.54, 1.807) is 4.90 Å². The minimum absolute atomic E-state index is 0.110. The van der Waals surface area contributed by atoms with Gasteiger partial charge in [-0.05, 0) is 24.6 Å². The molecule has 1 aromatic carbocycles. The zero-order chi connectivity index (χ0) is 12.6. The number of halogens is 1. The van der Waals surface area contributed by atoms with Crippen LogP contribution < -0.4 is 10.6 Å². The second-order valence-electron chi connectivity index (χ2n) is 4.36. The lowest BCUT2D eigenvalue weighted by atomic mass is 10.1. The van der Waals surface area contributed by atoms with E-state index in [-0.39, 0.29) is 11.8 Å². The molecular weight excluding hydrogens is 280 g/mol. The number of aryl methyl sites for hydroxylation is 1. The van der Waals surface area contributed by atoms with Crippen LogP contribution in [0.5, 0.6) is 0 Å². The number of hydrogen-bond acceptors (Lipinski definition) is 2. The number of nitrogen functional groups attached to an aromatic ring is 1. The van der Waals surface area contributed by atoms with Crippen LogP contribution in [0.4, 0.5) is 11.4 Å². The fourth-order valence-electron chi connectivity index (χ4n) is 2.09. The van der Waals surface area contributed by atoms with E-state index in [0.717, 1.165) is 15.7 Å². The molecule has 17 heavy (non-hydrogen) atoms. The minimum atomic E-state index is 0.110. The maximum atomic E-state index is 11.9. The maximum absolute atomic E-state index is 11.9. The largest absolute Gasteiger partial charge is 0.397 e. The molecule has 2 N–H and O–H groups in total. The Balaban J connectivity index is 2.41.